The third kappa shape index (κ3) is 5.67. The van der Waals surface area contributed by atoms with Crippen molar-refractivity contribution < 1.29 is 9.59 Å². The molecule has 35 heavy (non-hydrogen) atoms. The number of hydrogen-bond acceptors (Lipinski definition) is 3. The quantitative estimate of drug-likeness (QED) is 0.456. The molecule has 1 aromatic heterocycles. The lowest BCUT2D eigenvalue weighted by Crippen LogP contribution is -2.45. The highest BCUT2D eigenvalue weighted by molar-refractivity contribution is 6.31. The molecule has 1 saturated carbocycles. The minimum Gasteiger partial charge on any atom is -0.345 e. The molecule has 2 heterocycles. The predicted octanol–water partition coefficient (Wildman–Crippen LogP) is 6.08. The number of carbonyl (C=O) groups excluding carboxylic acids is 2. The van der Waals surface area contributed by atoms with Gasteiger partial charge in [-0.15, -0.1) is 0 Å². The van der Waals surface area contributed by atoms with Gasteiger partial charge in [-0.05, 0) is 70.2 Å². The van der Waals surface area contributed by atoms with Crippen molar-refractivity contribution in [3.05, 3.63) is 41.6 Å². The van der Waals surface area contributed by atoms with E-state index in [0.29, 0.717) is 17.4 Å². The van der Waals surface area contributed by atoms with Crippen LogP contribution < -0.4 is 5.32 Å². The van der Waals surface area contributed by atoms with Crippen LogP contribution in [0.25, 0.3) is 16.5 Å². The molecule has 1 saturated heterocycles. The standard InChI is InChI=1S/C29H40ClN3O2/c1-19(2)26-18-32(27-15-22(30)12-13-24(26)27)17-23-11-8-14-33(23)29(35)25(16-28(34)20(3)31-4)21-9-6-5-7-10-21/h12-13,15,18,20-21,23,25,31H,1,5-11,14,16-17H2,2-4H3. The zero-order valence-corrected chi connectivity index (χ0v) is 22.2. The Morgan fingerprint density at radius 2 is 1.91 bits per heavy atom. The van der Waals surface area contributed by atoms with Gasteiger partial charge in [0, 0.05) is 53.6 Å². The van der Waals surface area contributed by atoms with Crippen molar-refractivity contribution in [2.45, 2.75) is 83.8 Å². The van der Waals surface area contributed by atoms with Crippen molar-refractivity contribution in [2.24, 2.45) is 11.8 Å². The molecule has 3 atom stereocenters. The molecule has 2 aromatic rings. The van der Waals surface area contributed by atoms with Crippen molar-refractivity contribution in [3.8, 4) is 0 Å². The van der Waals surface area contributed by atoms with E-state index in [1.807, 2.05) is 33.0 Å². The first kappa shape index (κ1) is 26.0. The number of nitrogens with one attached hydrogen (secondary N) is 1. The molecular formula is C29H40ClN3O2. The maximum Gasteiger partial charge on any atom is 0.226 e. The fourth-order valence-electron chi connectivity index (χ4n) is 6.06. The Balaban J connectivity index is 1.59. The van der Waals surface area contributed by atoms with E-state index >= 15 is 0 Å². The zero-order chi connectivity index (χ0) is 25.1. The molecule has 3 unspecified atom stereocenters. The third-order valence-electron chi connectivity index (χ3n) is 8.24. The summed E-state index contributed by atoms with van der Waals surface area (Å²) in [5.74, 6) is 0.433. The number of carbonyl (C=O) groups is 2. The summed E-state index contributed by atoms with van der Waals surface area (Å²) in [6.45, 7) is 9.58. The Bertz CT molecular complexity index is 1090. The van der Waals surface area contributed by atoms with Gasteiger partial charge in [0.1, 0.15) is 5.78 Å². The average Bonchev–Trinajstić information content (AvgIpc) is 3.47. The van der Waals surface area contributed by atoms with Gasteiger partial charge in [-0.3, -0.25) is 9.59 Å². The highest BCUT2D eigenvalue weighted by Crippen LogP contribution is 2.36. The van der Waals surface area contributed by atoms with E-state index in [2.05, 4.69) is 33.6 Å². The molecule has 0 spiro atoms. The largest absolute Gasteiger partial charge is 0.345 e. The molecule has 0 bridgehead atoms. The summed E-state index contributed by atoms with van der Waals surface area (Å²) in [7, 11) is 1.81. The number of aromatic nitrogens is 1. The van der Waals surface area contributed by atoms with Crippen LogP contribution in [-0.4, -0.2) is 46.8 Å². The maximum absolute atomic E-state index is 14.0. The third-order valence-corrected chi connectivity index (χ3v) is 8.48. The fourth-order valence-corrected chi connectivity index (χ4v) is 6.22. The van der Waals surface area contributed by atoms with Crippen molar-refractivity contribution in [2.75, 3.05) is 13.6 Å². The average molecular weight is 498 g/mol. The van der Waals surface area contributed by atoms with Gasteiger partial charge in [0.2, 0.25) is 5.91 Å². The van der Waals surface area contributed by atoms with Crippen LogP contribution in [0.15, 0.2) is 31.0 Å². The Morgan fingerprint density at radius 1 is 1.17 bits per heavy atom. The van der Waals surface area contributed by atoms with Gasteiger partial charge >= 0.3 is 0 Å². The van der Waals surface area contributed by atoms with Gasteiger partial charge in [-0.1, -0.05) is 43.5 Å². The lowest BCUT2D eigenvalue weighted by atomic mass is 9.76. The number of amides is 1. The van der Waals surface area contributed by atoms with Crippen LogP contribution in [0.2, 0.25) is 5.02 Å². The summed E-state index contributed by atoms with van der Waals surface area (Å²) in [6, 6.07) is 5.89. The number of likely N-dealkylation sites (tertiary alicyclic amines) is 1. The van der Waals surface area contributed by atoms with Crippen LogP contribution in [-0.2, 0) is 16.1 Å². The smallest absolute Gasteiger partial charge is 0.226 e. The number of rotatable bonds is 9. The number of likely N-dealkylation sites (N-methyl/N-ethyl adjacent to an activating group) is 1. The van der Waals surface area contributed by atoms with Crippen molar-refractivity contribution in [1.29, 1.82) is 0 Å². The number of hydrogen-bond donors (Lipinski definition) is 1. The molecule has 5 nitrogen and oxygen atoms in total. The number of fused-ring (bicyclic) bond motifs is 1. The van der Waals surface area contributed by atoms with E-state index in [1.165, 1.54) is 6.42 Å². The molecule has 1 aromatic carbocycles. The number of benzene rings is 1. The molecule has 6 heteroatoms. The maximum atomic E-state index is 14.0. The first-order valence-electron chi connectivity index (χ1n) is 13.2. The lowest BCUT2D eigenvalue weighted by Gasteiger charge is -2.35. The van der Waals surface area contributed by atoms with Crippen LogP contribution in [0.1, 0.15) is 70.8 Å². The molecule has 190 valence electrons. The monoisotopic (exact) mass is 497 g/mol. The topological polar surface area (TPSA) is 54.3 Å². The first-order valence-corrected chi connectivity index (χ1v) is 13.6. The van der Waals surface area contributed by atoms with Crippen LogP contribution in [0, 0.1) is 11.8 Å². The van der Waals surface area contributed by atoms with E-state index in [9.17, 15) is 9.59 Å². The molecular weight excluding hydrogens is 458 g/mol. The van der Waals surface area contributed by atoms with E-state index in [1.54, 1.807) is 0 Å². The lowest BCUT2D eigenvalue weighted by molar-refractivity contribution is -0.141. The number of ketones is 1. The van der Waals surface area contributed by atoms with Gasteiger partial charge in [0.05, 0.1) is 11.6 Å². The van der Waals surface area contributed by atoms with Crippen LogP contribution in [0.3, 0.4) is 0 Å². The van der Waals surface area contributed by atoms with Gasteiger partial charge in [-0.2, -0.15) is 0 Å². The predicted molar refractivity (Wildman–Crippen MR) is 145 cm³/mol. The SMILES string of the molecule is C=C(C)c1cn(CC2CCCN2C(=O)C(CC(=O)C(C)NC)C2CCCCC2)c2cc(Cl)ccc12. The first-order chi connectivity index (χ1) is 16.8. The Labute approximate surface area is 214 Å². The fraction of sp³-hybridized carbons (Fsp3) is 0.586. The Morgan fingerprint density at radius 3 is 2.60 bits per heavy atom. The molecule has 1 amide bonds. The highest BCUT2D eigenvalue weighted by Gasteiger charge is 2.39. The number of nitrogens with zero attached hydrogens (tertiary/aromatic N) is 2. The summed E-state index contributed by atoms with van der Waals surface area (Å²) in [5.41, 5.74) is 3.22. The van der Waals surface area contributed by atoms with Gasteiger partial charge < -0.3 is 14.8 Å². The summed E-state index contributed by atoms with van der Waals surface area (Å²) in [4.78, 5) is 29.0. The number of Topliss-reactive ketones (excluding diaryl/α,β-unsaturated/α-hetero) is 1. The summed E-state index contributed by atoms with van der Waals surface area (Å²) in [5, 5.41) is 4.91. The molecule has 1 N–H and O–H groups in total. The second-order valence-electron chi connectivity index (χ2n) is 10.7. The van der Waals surface area contributed by atoms with Crippen LogP contribution in [0.4, 0.5) is 0 Å². The molecule has 1 aliphatic carbocycles. The second-order valence-corrected chi connectivity index (χ2v) is 11.1. The number of allylic oxidation sites excluding steroid dienone is 1. The van der Waals surface area contributed by atoms with E-state index < -0.39 is 0 Å². The Kier molecular flexibility index (Phi) is 8.38. The second kappa shape index (κ2) is 11.3. The highest BCUT2D eigenvalue weighted by atomic mass is 35.5. The van der Waals surface area contributed by atoms with E-state index in [4.69, 9.17) is 11.6 Å². The summed E-state index contributed by atoms with van der Waals surface area (Å²) in [6.07, 6.45) is 10.1. The van der Waals surface area contributed by atoms with Gasteiger partial charge in [0.15, 0.2) is 0 Å². The molecule has 1 aliphatic heterocycles. The van der Waals surface area contributed by atoms with Crippen LogP contribution >= 0.6 is 11.6 Å². The molecule has 4 rings (SSSR count). The van der Waals surface area contributed by atoms with Gasteiger partial charge in [-0.25, -0.2) is 0 Å². The Hall–Kier alpha value is -2.11. The van der Waals surface area contributed by atoms with E-state index in [0.717, 1.165) is 73.7 Å². The van der Waals surface area contributed by atoms with Crippen molar-refractivity contribution in [3.63, 3.8) is 0 Å². The van der Waals surface area contributed by atoms with Crippen LogP contribution in [0.5, 0.6) is 0 Å². The summed E-state index contributed by atoms with van der Waals surface area (Å²) >= 11 is 6.35. The van der Waals surface area contributed by atoms with Crippen molar-refractivity contribution >= 4 is 39.8 Å². The molecule has 2 aliphatic rings. The zero-order valence-electron chi connectivity index (χ0n) is 21.5. The van der Waals surface area contributed by atoms with Crippen molar-refractivity contribution in [1.82, 2.24) is 14.8 Å². The summed E-state index contributed by atoms with van der Waals surface area (Å²) < 4.78 is 2.24. The minimum atomic E-state index is -0.222. The number of halogens is 1. The molecule has 2 fully saturated rings. The van der Waals surface area contributed by atoms with Gasteiger partial charge in [0.25, 0.3) is 0 Å². The normalized spacial score (nSPS) is 20.8. The minimum absolute atomic E-state index is 0.123. The van der Waals surface area contributed by atoms with E-state index in [-0.39, 0.29) is 29.7 Å². The molecule has 0 radical (unpaired) electrons.